The van der Waals surface area contributed by atoms with Gasteiger partial charge in [-0.15, -0.1) is 0 Å². The Kier molecular flexibility index (Phi) is 6.12. The summed E-state index contributed by atoms with van der Waals surface area (Å²) in [5, 5.41) is 16.9. The maximum absolute atomic E-state index is 9.05. The van der Waals surface area contributed by atoms with Crippen LogP contribution in [-0.2, 0) is 19.6 Å². The quantitative estimate of drug-likeness (QED) is 0.778. The number of rotatable bonds is 8. The van der Waals surface area contributed by atoms with Crippen LogP contribution in [0.3, 0.4) is 0 Å². The van der Waals surface area contributed by atoms with Crippen molar-refractivity contribution in [1.82, 2.24) is 20.1 Å². The van der Waals surface area contributed by atoms with Crippen molar-refractivity contribution in [2.75, 3.05) is 6.61 Å². The zero-order valence-corrected chi connectivity index (χ0v) is 14.3. The Bertz CT molecular complexity index is 620. The molecule has 23 heavy (non-hydrogen) atoms. The van der Waals surface area contributed by atoms with E-state index >= 15 is 0 Å². The summed E-state index contributed by atoms with van der Waals surface area (Å²) in [5.74, 6) is 0.653. The van der Waals surface area contributed by atoms with E-state index in [1.165, 1.54) is 5.56 Å². The zero-order chi connectivity index (χ0) is 16.8. The maximum atomic E-state index is 9.05. The van der Waals surface area contributed by atoms with Gasteiger partial charge in [-0.25, -0.2) is 4.98 Å². The van der Waals surface area contributed by atoms with Gasteiger partial charge in [-0.2, -0.15) is 5.10 Å². The number of aromatic nitrogens is 3. The van der Waals surface area contributed by atoms with Gasteiger partial charge < -0.3 is 15.2 Å². The smallest absolute Gasteiger partial charge is 0.213 e. The van der Waals surface area contributed by atoms with Gasteiger partial charge in [0.2, 0.25) is 5.88 Å². The third kappa shape index (κ3) is 4.77. The van der Waals surface area contributed by atoms with E-state index in [1.54, 1.807) is 0 Å². The second-order valence-corrected chi connectivity index (χ2v) is 5.87. The normalized spacial score (nSPS) is 11.2. The highest BCUT2D eigenvalue weighted by molar-refractivity contribution is 5.24. The fourth-order valence-electron chi connectivity index (χ4n) is 2.46. The molecule has 2 aromatic heterocycles. The van der Waals surface area contributed by atoms with Gasteiger partial charge in [0.25, 0.3) is 0 Å². The third-order valence-electron chi connectivity index (χ3n) is 3.63. The largest absolute Gasteiger partial charge is 0.475 e. The van der Waals surface area contributed by atoms with Crippen molar-refractivity contribution in [3.8, 4) is 5.88 Å². The fourth-order valence-corrected chi connectivity index (χ4v) is 2.46. The predicted octanol–water partition coefficient (Wildman–Crippen LogP) is 1.96. The van der Waals surface area contributed by atoms with Crippen LogP contribution in [0.15, 0.2) is 18.3 Å². The minimum atomic E-state index is 0.102. The minimum absolute atomic E-state index is 0.102. The van der Waals surface area contributed by atoms with Crippen molar-refractivity contribution < 1.29 is 9.84 Å². The van der Waals surface area contributed by atoms with Gasteiger partial charge in [0.1, 0.15) is 0 Å². The van der Waals surface area contributed by atoms with Crippen LogP contribution in [0.4, 0.5) is 0 Å². The summed E-state index contributed by atoms with van der Waals surface area (Å²) in [5.41, 5.74) is 4.40. The number of nitrogens with zero attached hydrogens (tertiary/aromatic N) is 3. The molecule has 0 fully saturated rings. The Balaban J connectivity index is 1.90. The van der Waals surface area contributed by atoms with Gasteiger partial charge in [0.15, 0.2) is 0 Å². The van der Waals surface area contributed by atoms with Crippen LogP contribution in [0.5, 0.6) is 5.88 Å². The molecule has 0 bridgehead atoms. The molecule has 6 heteroatoms. The Labute approximate surface area is 137 Å². The number of aliphatic hydroxyl groups is 1. The van der Waals surface area contributed by atoms with E-state index in [2.05, 4.69) is 15.4 Å². The van der Waals surface area contributed by atoms with Crippen molar-refractivity contribution in [2.24, 2.45) is 0 Å². The second kappa shape index (κ2) is 8.08. The van der Waals surface area contributed by atoms with Crippen LogP contribution in [0.25, 0.3) is 0 Å². The highest BCUT2D eigenvalue weighted by Crippen LogP contribution is 2.13. The second-order valence-electron chi connectivity index (χ2n) is 5.87. The highest BCUT2D eigenvalue weighted by atomic mass is 16.5. The molecule has 0 radical (unpaired) electrons. The molecule has 126 valence electrons. The number of hydrogen-bond acceptors (Lipinski definition) is 5. The minimum Gasteiger partial charge on any atom is -0.475 e. The molecule has 2 aromatic rings. The summed E-state index contributed by atoms with van der Waals surface area (Å²) in [7, 11) is 0. The van der Waals surface area contributed by atoms with Crippen LogP contribution in [0, 0.1) is 13.8 Å². The van der Waals surface area contributed by atoms with Gasteiger partial charge in [-0.05, 0) is 33.3 Å². The first-order valence-corrected chi connectivity index (χ1v) is 7.97. The molecule has 0 aromatic carbocycles. The molecule has 2 rings (SSSR count). The lowest BCUT2D eigenvalue weighted by atomic mass is 10.2. The first-order chi connectivity index (χ1) is 11.0. The average Bonchev–Trinajstić information content (AvgIpc) is 2.76. The van der Waals surface area contributed by atoms with Crippen LogP contribution in [0.2, 0.25) is 0 Å². The first-order valence-electron chi connectivity index (χ1n) is 7.97. The number of ether oxygens (including phenoxy) is 1. The molecule has 2 N–H and O–H groups in total. The summed E-state index contributed by atoms with van der Waals surface area (Å²) < 4.78 is 7.39. The number of hydrogen-bond donors (Lipinski definition) is 2. The Morgan fingerprint density at radius 2 is 2.04 bits per heavy atom. The Hall–Kier alpha value is -1.92. The molecular formula is C17H26N4O2. The van der Waals surface area contributed by atoms with Crippen molar-refractivity contribution in [2.45, 2.75) is 53.4 Å². The van der Waals surface area contributed by atoms with Gasteiger partial charge >= 0.3 is 0 Å². The molecule has 0 aliphatic carbocycles. The Morgan fingerprint density at radius 1 is 1.26 bits per heavy atom. The molecular weight excluding hydrogens is 292 g/mol. The molecule has 0 aliphatic rings. The summed E-state index contributed by atoms with van der Waals surface area (Å²) in [6, 6.07) is 3.92. The number of aliphatic hydroxyl groups excluding tert-OH is 1. The summed E-state index contributed by atoms with van der Waals surface area (Å²) in [6.45, 7) is 10.1. The summed E-state index contributed by atoms with van der Waals surface area (Å²) in [4.78, 5) is 4.30. The van der Waals surface area contributed by atoms with Crippen LogP contribution in [-0.4, -0.2) is 32.6 Å². The van der Waals surface area contributed by atoms with Crippen molar-refractivity contribution in [3.05, 3.63) is 40.8 Å². The summed E-state index contributed by atoms with van der Waals surface area (Å²) in [6.07, 6.45) is 1.97. The monoisotopic (exact) mass is 318 g/mol. The lowest BCUT2D eigenvalue weighted by Gasteiger charge is -2.09. The zero-order valence-electron chi connectivity index (χ0n) is 14.3. The predicted molar refractivity (Wildman–Crippen MR) is 89.3 cm³/mol. The molecule has 2 heterocycles. The van der Waals surface area contributed by atoms with E-state index < -0.39 is 0 Å². The van der Waals surface area contributed by atoms with Crippen LogP contribution >= 0.6 is 0 Å². The van der Waals surface area contributed by atoms with Crippen LogP contribution < -0.4 is 10.1 Å². The molecule has 0 spiro atoms. The topological polar surface area (TPSA) is 72.2 Å². The molecule has 0 atom stereocenters. The number of nitrogens with one attached hydrogen (secondary N) is 1. The molecule has 0 aliphatic heterocycles. The van der Waals surface area contributed by atoms with E-state index in [-0.39, 0.29) is 12.7 Å². The van der Waals surface area contributed by atoms with Crippen LogP contribution in [0.1, 0.15) is 36.4 Å². The van der Waals surface area contributed by atoms with E-state index in [9.17, 15) is 0 Å². The highest BCUT2D eigenvalue weighted by Gasteiger charge is 2.10. The number of pyridine rings is 1. The lowest BCUT2D eigenvalue weighted by molar-refractivity contribution is 0.232. The summed E-state index contributed by atoms with van der Waals surface area (Å²) >= 11 is 0. The maximum Gasteiger partial charge on any atom is 0.213 e. The van der Waals surface area contributed by atoms with Crippen molar-refractivity contribution in [1.29, 1.82) is 0 Å². The van der Waals surface area contributed by atoms with E-state index in [1.807, 2.05) is 50.7 Å². The molecule has 0 unspecified atom stereocenters. The molecule has 0 saturated carbocycles. The average molecular weight is 318 g/mol. The van der Waals surface area contributed by atoms with E-state index in [0.717, 1.165) is 30.0 Å². The lowest BCUT2D eigenvalue weighted by Crippen LogP contribution is -2.14. The van der Waals surface area contributed by atoms with Gasteiger partial charge in [-0.1, -0.05) is 6.07 Å². The first kappa shape index (κ1) is 17.4. The SMILES string of the molecule is Cc1nn(CCO)c(C)c1CNCc1ccc(OC(C)C)nc1. The fraction of sp³-hybridized carbons (Fsp3) is 0.529. The van der Waals surface area contributed by atoms with Gasteiger partial charge in [0.05, 0.1) is 24.9 Å². The van der Waals surface area contributed by atoms with Crippen molar-refractivity contribution in [3.63, 3.8) is 0 Å². The molecule has 6 nitrogen and oxygen atoms in total. The third-order valence-corrected chi connectivity index (χ3v) is 3.63. The molecule has 0 saturated heterocycles. The number of aryl methyl sites for hydroxylation is 1. The van der Waals surface area contributed by atoms with Gasteiger partial charge in [-0.3, -0.25) is 4.68 Å². The molecule has 0 amide bonds. The Morgan fingerprint density at radius 3 is 2.65 bits per heavy atom. The van der Waals surface area contributed by atoms with Crippen molar-refractivity contribution >= 4 is 0 Å². The van der Waals surface area contributed by atoms with Gasteiger partial charge in [0, 0.05) is 36.6 Å². The van der Waals surface area contributed by atoms with E-state index in [0.29, 0.717) is 12.4 Å². The van der Waals surface area contributed by atoms with E-state index in [4.69, 9.17) is 9.84 Å². The standard InChI is InChI=1S/C17H26N4O2/c1-12(2)23-17-6-5-15(10-19-17)9-18-11-16-13(3)20-21(7-8-22)14(16)4/h5-6,10,12,18,22H,7-9,11H2,1-4H3.